The second-order valence-electron chi connectivity index (χ2n) is 16.8. The molecule has 2 aliphatic rings. The molecule has 0 fully saturated rings. The lowest BCUT2D eigenvalue weighted by Gasteiger charge is -2.23. The molecule has 0 aliphatic heterocycles. The van der Waals surface area contributed by atoms with E-state index in [1.165, 1.54) is 110 Å². The van der Waals surface area contributed by atoms with E-state index < -0.39 is 0 Å². The average Bonchev–Trinajstić information content (AvgIpc) is 3.78. The lowest BCUT2D eigenvalue weighted by atomic mass is 9.80. The summed E-state index contributed by atoms with van der Waals surface area (Å²) in [6, 6.07) is 59.1. The lowest BCUT2D eigenvalue weighted by Crippen LogP contribution is -2.14. The first-order chi connectivity index (χ1) is 26.8. The fourth-order valence-corrected chi connectivity index (χ4v) is 10.5. The molecule has 2 aliphatic carbocycles. The first-order valence-corrected chi connectivity index (χ1v) is 19.5. The summed E-state index contributed by atoms with van der Waals surface area (Å²) >= 11 is 0. The molecule has 1 heterocycles. The van der Waals surface area contributed by atoms with Crippen LogP contribution in [0.2, 0.25) is 0 Å². The molecule has 0 amide bonds. The molecule has 55 heavy (non-hydrogen) atoms. The smallest absolute Gasteiger partial charge is 0.143 e. The van der Waals surface area contributed by atoms with Gasteiger partial charge in [-0.3, -0.25) is 0 Å². The van der Waals surface area contributed by atoms with Crippen LogP contribution in [0.4, 0.5) is 0 Å². The Kier molecular flexibility index (Phi) is 5.98. The van der Waals surface area contributed by atoms with Gasteiger partial charge in [-0.15, -0.1) is 0 Å². The average molecular weight is 703 g/mol. The van der Waals surface area contributed by atoms with Gasteiger partial charge in [-0.25, -0.2) is 0 Å². The Morgan fingerprint density at radius 1 is 0.345 bits per heavy atom. The third-order valence-electron chi connectivity index (χ3n) is 13.2. The molecule has 12 rings (SSSR count). The Morgan fingerprint density at radius 3 is 1.58 bits per heavy atom. The van der Waals surface area contributed by atoms with E-state index in [1.54, 1.807) is 0 Å². The SMILES string of the molecule is CC1(C)c2ccccc2-c2ccc(-c3c4ccccc4c(-c4ccc5c(c4)-c4cc6ccc7c8ccccc8oc7c6cc4C5(C)C)c4ccccc34)cc21. The van der Waals surface area contributed by atoms with Crippen LogP contribution in [0, 0.1) is 0 Å². The Bertz CT molecular complexity index is 3260. The second kappa shape index (κ2) is 10.6. The van der Waals surface area contributed by atoms with Crippen molar-refractivity contribution in [2.24, 2.45) is 0 Å². The Labute approximate surface area is 320 Å². The molecular weight excluding hydrogens is 665 g/mol. The van der Waals surface area contributed by atoms with Gasteiger partial charge in [-0.1, -0.05) is 149 Å². The fourth-order valence-electron chi connectivity index (χ4n) is 10.5. The van der Waals surface area contributed by atoms with E-state index in [1.807, 2.05) is 0 Å². The summed E-state index contributed by atoms with van der Waals surface area (Å²) in [6.07, 6.45) is 0. The van der Waals surface area contributed by atoms with E-state index in [0.29, 0.717) is 0 Å². The predicted octanol–water partition coefficient (Wildman–Crippen LogP) is 15.0. The Balaban J connectivity index is 1.07. The van der Waals surface area contributed by atoms with Crippen molar-refractivity contribution in [3.8, 4) is 44.5 Å². The molecule has 10 aromatic rings. The lowest BCUT2D eigenvalue weighted by molar-refractivity contribution is 0.660. The molecule has 1 aromatic heterocycles. The fraction of sp³-hybridized carbons (Fsp3) is 0.111. The van der Waals surface area contributed by atoms with Gasteiger partial charge in [0.1, 0.15) is 11.2 Å². The molecule has 0 unspecified atom stereocenters. The van der Waals surface area contributed by atoms with E-state index in [0.717, 1.165) is 11.2 Å². The van der Waals surface area contributed by atoms with Gasteiger partial charge in [-0.05, 0) is 130 Å². The maximum absolute atomic E-state index is 6.52. The molecule has 0 atom stereocenters. The molecule has 0 N–H and O–H groups in total. The molecule has 0 saturated carbocycles. The summed E-state index contributed by atoms with van der Waals surface area (Å²) in [5, 5.41) is 9.86. The maximum atomic E-state index is 6.52. The zero-order valence-electron chi connectivity index (χ0n) is 31.4. The summed E-state index contributed by atoms with van der Waals surface area (Å²) in [5.74, 6) is 0. The van der Waals surface area contributed by atoms with Gasteiger partial charge < -0.3 is 4.42 Å². The van der Waals surface area contributed by atoms with E-state index in [2.05, 4.69) is 185 Å². The predicted molar refractivity (Wildman–Crippen MR) is 232 cm³/mol. The molecule has 0 radical (unpaired) electrons. The molecule has 9 aromatic carbocycles. The minimum Gasteiger partial charge on any atom is -0.455 e. The summed E-state index contributed by atoms with van der Waals surface area (Å²) < 4.78 is 6.52. The van der Waals surface area contributed by atoms with Crippen molar-refractivity contribution in [3.05, 3.63) is 180 Å². The highest BCUT2D eigenvalue weighted by molar-refractivity contribution is 6.22. The van der Waals surface area contributed by atoms with Gasteiger partial charge in [0.2, 0.25) is 0 Å². The minimum absolute atomic E-state index is 0.0641. The highest BCUT2D eigenvalue weighted by atomic mass is 16.3. The highest BCUT2D eigenvalue weighted by Gasteiger charge is 2.37. The van der Waals surface area contributed by atoms with E-state index in [4.69, 9.17) is 4.42 Å². The molecule has 0 saturated heterocycles. The topological polar surface area (TPSA) is 13.1 Å². The van der Waals surface area contributed by atoms with Crippen LogP contribution in [0.5, 0.6) is 0 Å². The number of hydrogen-bond donors (Lipinski definition) is 0. The summed E-state index contributed by atoms with van der Waals surface area (Å²) in [4.78, 5) is 0. The summed E-state index contributed by atoms with van der Waals surface area (Å²) in [5.41, 5.74) is 17.7. The summed E-state index contributed by atoms with van der Waals surface area (Å²) in [7, 11) is 0. The number of furan rings is 1. The number of hydrogen-bond acceptors (Lipinski definition) is 1. The first-order valence-electron chi connectivity index (χ1n) is 19.5. The number of rotatable bonds is 2. The third kappa shape index (κ3) is 4.03. The van der Waals surface area contributed by atoms with Crippen LogP contribution in [0.15, 0.2) is 162 Å². The highest BCUT2D eigenvalue weighted by Crippen LogP contribution is 2.54. The monoisotopic (exact) mass is 702 g/mol. The van der Waals surface area contributed by atoms with Gasteiger partial charge in [0.05, 0.1) is 0 Å². The molecule has 260 valence electrons. The molecule has 0 bridgehead atoms. The first kappa shape index (κ1) is 31.0. The Hall–Kier alpha value is -6.44. The zero-order valence-corrected chi connectivity index (χ0v) is 31.4. The van der Waals surface area contributed by atoms with Crippen LogP contribution in [0.25, 0.3) is 98.8 Å². The second-order valence-corrected chi connectivity index (χ2v) is 16.8. The normalized spacial score (nSPS) is 14.8. The van der Waals surface area contributed by atoms with Crippen molar-refractivity contribution in [3.63, 3.8) is 0 Å². The van der Waals surface area contributed by atoms with Gasteiger partial charge in [-0.2, -0.15) is 0 Å². The van der Waals surface area contributed by atoms with E-state index in [9.17, 15) is 0 Å². The largest absolute Gasteiger partial charge is 0.455 e. The minimum atomic E-state index is -0.152. The zero-order chi connectivity index (χ0) is 36.8. The van der Waals surface area contributed by atoms with Gasteiger partial charge in [0.25, 0.3) is 0 Å². The standard InChI is InChI=1S/C54H38O/c1-53(2)45-19-11-9-13-34(45)35-24-22-33(29-47(35)53)51-39-17-7-5-15-37(39)50(38-16-6-8-18-40(38)51)32-23-26-46-43(28-32)44-27-31-21-25-41-36-14-10-12-20-49(36)55-52(41)42(31)30-48(44)54(46,3)4/h5-30H,1-4H3. The molecular formula is C54H38O. The van der Waals surface area contributed by atoms with Crippen molar-refractivity contribution in [2.75, 3.05) is 0 Å². The number of fused-ring (bicyclic) bond motifs is 13. The van der Waals surface area contributed by atoms with E-state index in [-0.39, 0.29) is 10.8 Å². The van der Waals surface area contributed by atoms with Crippen molar-refractivity contribution in [1.82, 2.24) is 0 Å². The van der Waals surface area contributed by atoms with Gasteiger partial charge >= 0.3 is 0 Å². The van der Waals surface area contributed by atoms with Crippen LogP contribution >= 0.6 is 0 Å². The van der Waals surface area contributed by atoms with Crippen LogP contribution in [-0.4, -0.2) is 0 Å². The van der Waals surface area contributed by atoms with Crippen molar-refractivity contribution in [2.45, 2.75) is 38.5 Å². The molecule has 1 heteroatoms. The maximum Gasteiger partial charge on any atom is 0.143 e. The molecule has 0 spiro atoms. The van der Waals surface area contributed by atoms with Crippen LogP contribution < -0.4 is 0 Å². The van der Waals surface area contributed by atoms with Crippen LogP contribution in [0.3, 0.4) is 0 Å². The number of para-hydroxylation sites is 1. The van der Waals surface area contributed by atoms with Crippen LogP contribution in [-0.2, 0) is 10.8 Å². The van der Waals surface area contributed by atoms with Crippen molar-refractivity contribution >= 4 is 54.3 Å². The van der Waals surface area contributed by atoms with Crippen molar-refractivity contribution < 1.29 is 4.42 Å². The number of benzene rings is 9. The summed E-state index contributed by atoms with van der Waals surface area (Å²) in [6.45, 7) is 9.49. The van der Waals surface area contributed by atoms with Gasteiger partial charge in [0, 0.05) is 27.0 Å². The van der Waals surface area contributed by atoms with E-state index >= 15 is 0 Å². The third-order valence-corrected chi connectivity index (χ3v) is 13.2. The van der Waals surface area contributed by atoms with Crippen LogP contribution in [0.1, 0.15) is 49.9 Å². The van der Waals surface area contributed by atoms with Gasteiger partial charge in [0.15, 0.2) is 0 Å². The molecule has 1 nitrogen and oxygen atoms in total. The van der Waals surface area contributed by atoms with Crippen molar-refractivity contribution in [1.29, 1.82) is 0 Å². The quantitative estimate of drug-likeness (QED) is 0.163. The Morgan fingerprint density at radius 2 is 0.873 bits per heavy atom.